The summed E-state index contributed by atoms with van der Waals surface area (Å²) in [5.41, 5.74) is 6.86. The summed E-state index contributed by atoms with van der Waals surface area (Å²) in [6.07, 6.45) is 4.56. The maximum absolute atomic E-state index is 12.5. The number of ether oxygens (including phenoxy) is 2. The normalized spacial score (nSPS) is 30.4. The highest BCUT2D eigenvalue weighted by Crippen LogP contribution is 2.39. The molecule has 12 nitrogen and oxygen atoms in total. The van der Waals surface area contributed by atoms with Crippen molar-refractivity contribution in [3.8, 4) is 23.3 Å². The molecule has 0 amide bonds. The number of hydrogen-bond donors (Lipinski definition) is 8. The van der Waals surface area contributed by atoms with Gasteiger partial charge in [0.05, 0.1) is 24.2 Å². The van der Waals surface area contributed by atoms with Gasteiger partial charge in [0.2, 0.25) is 0 Å². The summed E-state index contributed by atoms with van der Waals surface area (Å²) < 4.78 is 12.4. The second-order valence-electron chi connectivity index (χ2n) is 14.0. The molecule has 8 atom stereocenters. The third-order valence-electron chi connectivity index (χ3n) is 10.1. The zero-order valence-corrected chi connectivity index (χ0v) is 28.8. The van der Waals surface area contributed by atoms with Gasteiger partial charge in [-0.3, -0.25) is 9.79 Å². The molecule has 0 saturated carbocycles. The number of aliphatic imine (C=N–C) groups is 1. The van der Waals surface area contributed by atoms with E-state index in [4.69, 9.17) is 15.2 Å². The third-order valence-corrected chi connectivity index (χ3v) is 10.1. The minimum absolute atomic E-state index is 0.0154. The number of hydrogen-bond acceptors (Lipinski definition) is 10. The van der Waals surface area contributed by atoms with Gasteiger partial charge in [0.1, 0.15) is 12.2 Å². The fraction of sp³-hybridized carbons (Fsp3) is 0.722. The quantitative estimate of drug-likeness (QED) is 0.0627. The molecule has 2 aliphatic heterocycles. The third kappa shape index (κ3) is 11.0. The van der Waals surface area contributed by atoms with Crippen LogP contribution in [-0.4, -0.2) is 96.0 Å². The van der Waals surface area contributed by atoms with Crippen molar-refractivity contribution in [2.75, 3.05) is 33.2 Å². The number of esters is 1. The number of aliphatic hydroxyl groups excluding tert-OH is 3. The lowest BCUT2D eigenvalue weighted by atomic mass is 9.73. The van der Waals surface area contributed by atoms with E-state index in [1.807, 2.05) is 6.07 Å². The summed E-state index contributed by atoms with van der Waals surface area (Å²) in [6, 6.07) is 3.63. The van der Waals surface area contributed by atoms with Crippen LogP contribution in [0.15, 0.2) is 17.1 Å². The summed E-state index contributed by atoms with van der Waals surface area (Å²) in [4.78, 5) is 16.6. The first kappa shape index (κ1) is 37.7. The van der Waals surface area contributed by atoms with E-state index in [0.717, 1.165) is 44.2 Å². The lowest BCUT2D eigenvalue weighted by Gasteiger charge is -2.36. The first-order chi connectivity index (χ1) is 23.0. The van der Waals surface area contributed by atoms with E-state index in [-0.39, 0.29) is 42.8 Å². The summed E-state index contributed by atoms with van der Waals surface area (Å²) in [7, 11) is 1.62. The van der Waals surface area contributed by atoms with Gasteiger partial charge in [-0.25, -0.2) is 0 Å². The van der Waals surface area contributed by atoms with E-state index in [1.54, 1.807) is 20.0 Å². The highest BCUT2D eigenvalue weighted by atomic mass is 16.5. The van der Waals surface area contributed by atoms with Crippen LogP contribution in [0.25, 0.3) is 0 Å². The Balaban J connectivity index is 1.82. The van der Waals surface area contributed by atoms with E-state index < -0.39 is 29.7 Å². The molecule has 0 unspecified atom stereocenters. The predicted molar refractivity (Wildman–Crippen MR) is 184 cm³/mol. The summed E-state index contributed by atoms with van der Waals surface area (Å²) in [6.45, 7) is 5.15. The first-order valence-corrected chi connectivity index (χ1v) is 17.6. The topological polar surface area (TPSA) is 191 Å². The largest absolute Gasteiger partial charge is 0.504 e. The number of aromatic hydroxyl groups is 1. The van der Waals surface area contributed by atoms with Crippen LogP contribution in [0.3, 0.4) is 0 Å². The van der Waals surface area contributed by atoms with Crippen molar-refractivity contribution in [1.82, 2.24) is 16.0 Å². The maximum Gasteiger partial charge on any atom is 0.302 e. The summed E-state index contributed by atoms with van der Waals surface area (Å²) in [5, 5.41) is 52.7. The van der Waals surface area contributed by atoms with Gasteiger partial charge in [0, 0.05) is 51.4 Å². The number of carbonyl (C=O) groups is 1. The molecular formula is C36H57N5O7. The van der Waals surface area contributed by atoms with Gasteiger partial charge < -0.3 is 51.6 Å². The zero-order chi connectivity index (χ0) is 34.7. The number of carbonyl (C=O) groups excluding carboxylic acids is 1. The van der Waals surface area contributed by atoms with Gasteiger partial charge in [-0.1, -0.05) is 18.3 Å². The molecule has 268 valence electrons. The molecule has 2 heterocycles. The second-order valence-corrected chi connectivity index (χ2v) is 14.0. The molecule has 12 heteroatoms. The minimum Gasteiger partial charge on any atom is -0.504 e. The van der Waals surface area contributed by atoms with Crippen molar-refractivity contribution in [2.45, 2.75) is 115 Å². The molecule has 4 rings (SSSR count). The van der Waals surface area contributed by atoms with Crippen LogP contribution in [-0.2, 0) is 22.6 Å². The smallest absolute Gasteiger partial charge is 0.302 e. The number of aliphatic hydroxyl groups is 3. The number of nitrogens with two attached hydrogens (primary N) is 1. The first-order valence-electron chi connectivity index (χ1n) is 17.6. The van der Waals surface area contributed by atoms with Gasteiger partial charge in [-0.2, -0.15) is 0 Å². The monoisotopic (exact) mass is 671 g/mol. The number of rotatable bonds is 9. The molecule has 0 aromatic heterocycles. The number of guanidine groups is 1. The molecule has 1 saturated heterocycles. The number of nitrogens with one attached hydrogen (secondary N) is 3. The number of benzene rings is 1. The number of phenolic OH excluding ortho intramolecular Hbond substituents is 1. The molecule has 1 aromatic carbocycles. The number of nitrogens with zero attached hydrogens (tertiary/aromatic N) is 1. The standard InChI is InChI=1S/C36H57N5O7/c1-23(43)20-39-14-12-36(22-41-35(37)38-3)10-7-25-5-4-6-28-18-30(9-13-40-28)48-34-17-26(27(21-42)16-32(34)46)15-31(25)33(47-24(2)44)19-29(45)8-11-36/h16-17,23,25,28-31,33,39-40,42-43,45-46H,4-6,8-9,11-15,18-22H2,1-3H3,(H3,37,38,41)/t23-,25+,28-,29-,30+,31-,33-,36+/m0/s1. The Morgan fingerprint density at radius 1 is 1.27 bits per heavy atom. The SMILES string of the molecule is CN=C(N)NC[C@]1(CCNC[C@H](C)O)C#C[C@H]2CCC[C@H]3C[C@@H](CCN3)Oc3cc(c(CO)cc3O)C[C@@H]2[C@@H](OC(C)=O)C[C@@H](O)CC1. The van der Waals surface area contributed by atoms with E-state index >= 15 is 0 Å². The summed E-state index contributed by atoms with van der Waals surface area (Å²) in [5.74, 6) is 7.07. The van der Waals surface area contributed by atoms with Crippen molar-refractivity contribution in [3.63, 3.8) is 0 Å². The molecule has 3 aliphatic rings. The molecule has 1 aliphatic carbocycles. The van der Waals surface area contributed by atoms with E-state index in [1.165, 1.54) is 6.92 Å². The fourth-order valence-corrected chi connectivity index (χ4v) is 7.37. The molecule has 0 spiro atoms. The lowest BCUT2D eigenvalue weighted by Crippen LogP contribution is -2.43. The van der Waals surface area contributed by atoms with Crippen LogP contribution in [0, 0.1) is 29.1 Å². The lowest BCUT2D eigenvalue weighted by molar-refractivity contribution is -0.152. The van der Waals surface area contributed by atoms with Gasteiger partial charge >= 0.3 is 5.97 Å². The van der Waals surface area contributed by atoms with Crippen molar-refractivity contribution in [2.24, 2.45) is 28.0 Å². The molecule has 0 radical (unpaired) electrons. The average molecular weight is 672 g/mol. The fourth-order valence-electron chi connectivity index (χ4n) is 7.37. The average Bonchev–Trinajstić information content (AvgIpc) is 3.05. The highest BCUT2D eigenvalue weighted by Gasteiger charge is 2.37. The second kappa shape index (κ2) is 18.1. The molecule has 9 N–H and O–H groups in total. The van der Waals surface area contributed by atoms with Gasteiger partial charge in [0.15, 0.2) is 17.5 Å². The highest BCUT2D eigenvalue weighted by molar-refractivity contribution is 5.77. The summed E-state index contributed by atoms with van der Waals surface area (Å²) >= 11 is 0. The van der Waals surface area contributed by atoms with Crippen LogP contribution < -0.4 is 26.4 Å². The number of piperidine rings is 1. The van der Waals surface area contributed by atoms with E-state index in [2.05, 4.69) is 32.8 Å². The zero-order valence-electron chi connectivity index (χ0n) is 28.8. The van der Waals surface area contributed by atoms with Crippen LogP contribution >= 0.6 is 0 Å². The van der Waals surface area contributed by atoms with Gasteiger partial charge in [-0.15, -0.1) is 0 Å². The van der Waals surface area contributed by atoms with E-state index in [9.17, 15) is 25.2 Å². The van der Waals surface area contributed by atoms with Gasteiger partial charge in [-0.05, 0) is 94.6 Å². The van der Waals surface area contributed by atoms with Crippen LogP contribution in [0.4, 0.5) is 0 Å². The van der Waals surface area contributed by atoms with Crippen molar-refractivity contribution < 1.29 is 34.7 Å². The Labute approximate surface area is 285 Å². The Hall–Kier alpha value is -3.08. The van der Waals surface area contributed by atoms with E-state index in [0.29, 0.717) is 62.6 Å². The van der Waals surface area contributed by atoms with Crippen LogP contribution in [0.5, 0.6) is 11.5 Å². The Bertz CT molecular complexity index is 1300. The molecule has 48 heavy (non-hydrogen) atoms. The van der Waals surface area contributed by atoms with Crippen LogP contribution in [0.1, 0.15) is 82.8 Å². The van der Waals surface area contributed by atoms with Crippen molar-refractivity contribution in [1.29, 1.82) is 0 Å². The van der Waals surface area contributed by atoms with Crippen molar-refractivity contribution >= 4 is 11.9 Å². The van der Waals surface area contributed by atoms with Gasteiger partial charge in [0.25, 0.3) is 0 Å². The predicted octanol–water partition coefficient (Wildman–Crippen LogP) is 1.70. The van der Waals surface area contributed by atoms with Crippen molar-refractivity contribution in [3.05, 3.63) is 23.3 Å². The number of fused-ring (bicyclic) bond motifs is 5. The molecule has 1 aromatic rings. The Morgan fingerprint density at radius 3 is 2.81 bits per heavy atom. The Kier molecular flexibility index (Phi) is 14.2. The minimum atomic E-state index is -0.763. The molecule has 4 bridgehead atoms. The maximum atomic E-state index is 12.5. The van der Waals surface area contributed by atoms with Crippen LogP contribution in [0.2, 0.25) is 0 Å². The Morgan fingerprint density at radius 2 is 2.08 bits per heavy atom. The molecule has 1 fully saturated rings. The number of phenols is 1. The molecular weight excluding hydrogens is 614 g/mol.